The van der Waals surface area contributed by atoms with Crippen LogP contribution in [0.2, 0.25) is 0 Å². The van der Waals surface area contributed by atoms with Crippen LogP contribution >= 0.6 is 12.2 Å². The standard InChI is InChI=1S/C13H20N4OS/c1-8-7-10(12(14)19)17-13(15-8)16-9-5-3-2-4-6-11(9)18/h7,9,11,18H,2-6H2,1H3,(H2,14,19)(H,15,16,17). The summed E-state index contributed by atoms with van der Waals surface area (Å²) in [7, 11) is 0. The van der Waals surface area contributed by atoms with Crippen molar-refractivity contribution in [1.82, 2.24) is 9.97 Å². The average molecular weight is 280 g/mol. The van der Waals surface area contributed by atoms with Gasteiger partial charge in [-0.2, -0.15) is 0 Å². The van der Waals surface area contributed by atoms with Crippen LogP contribution in [0.1, 0.15) is 43.5 Å². The SMILES string of the molecule is Cc1cc(C(N)=S)nc(NC2CCCCCC2O)n1. The van der Waals surface area contributed by atoms with Crippen LogP contribution in [0.15, 0.2) is 6.07 Å². The van der Waals surface area contributed by atoms with Crippen LogP contribution < -0.4 is 11.1 Å². The number of thiocarbonyl (C=S) groups is 1. The highest BCUT2D eigenvalue weighted by molar-refractivity contribution is 7.80. The zero-order chi connectivity index (χ0) is 13.8. The van der Waals surface area contributed by atoms with Gasteiger partial charge in [0.05, 0.1) is 12.1 Å². The van der Waals surface area contributed by atoms with E-state index in [4.69, 9.17) is 18.0 Å². The summed E-state index contributed by atoms with van der Waals surface area (Å²) >= 11 is 4.94. The van der Waals surface area contributed by atoms with E-state index >= 15 is 0 Å². The molecule has 1 fully saturated rings. The third-order valence-electron chi connectivity index (χ3n) is 3.40. The van der Waals surface area contributed by atoms with E-state index < -0.39 is 0 Å². The van der Waals surface area contributed by atoms with E-state index in [0.29, 0.717) is 11.6 Å². The first kappa shape index (κ1) is 14.1. The van der Waals surface area contributed by atoms with Crippen LogP contribution in [0.4, 0.5) is 5.95 Å². The summed E-state index contributed by atoms with van der Waals surface area (Å²) < 4.78 is 0. The van der Waals surface area contributed by atoms with Gasteiger partial charge in [0.1, 0.15) is 10.7 Å². The van der Waals surface area contributed by atoms with Crippen molar-refractivity contribution in [2.45, 2.75) is 51.2 Å². The minimum atomic E-state index is -0.347. The van der Waals surface area contributed by atoms with Gasteiger partial charge >= 0.3 is 0 Å². The second-order valence-corrected chi connectivity index (χ2v) is 5.48. The van der Waals surface area contributed by atoms with Gasteiger partial charge in [0, 0.05) is 5.69 Å². The Balaban J connectivity index is 2.15. The molecule has 2 atom stereocenters. The highest BCUT2D eigenvalue weighted by Gasteiger charge is 2.22. The number of aryl methyl sites for hydroxylation is 1. The number of rotatable bonds is 3. The lowest BCUT2D eigenvalue weighted by Crippen LogP contribution is -2.33. The smallest absolute Gasteiger partial charge is 0.223 e. The number of nitrogens with one attached hydrogen (secondary N) is 1. The van der Waals surface area contributed by atoms with Gasteiger partial charge in [0.15, 0.2) is 0 Å². The van der Waals surface area contributed by atoms with E-state index in [2.05, 4.69) is 15.3 Å². The Morgan fingerprint density at radius 3 is 2.84 bits per heavy atom. The van der Waals surface area contributed by atoms with E-state index in [9.17, 15) is 5.11 Å². The van der Waals surface area contributed by atoms with Crippen molar-refractivity contribution >= 4 is 23.2 Å². The minimum Gasteiger partial charge on any atom is -0.391 e. The molecular formula is C13H20N4OS. The molecule has 0 aliphatic heterocycles. The predicted octanol–water partition coefficient (Wildman–Crippen LogP) is 1.52. The van der Waals surface area contributed by atoms with Crippen LogP contribution in [0, 0.1) is 6.92 Å². The van der Waals surface area contributed by atoms with Crippen LogP contribution in [-0.4, -0.2) is 32.2 Å². The maximum Gasteiger partial charge on any atom is 0.223 e. The Bertz CT molecular complexity index is 466. The molecule has 6 heteroatoms. The molecule has 104 valence electrons. The van der Waals surface area contributed by atoms with Crippen LogP contribution in [0.5, 0.6) is 0 Å². The molecule has 0 aromatic carbocycles. The second kappa shape index (κ2) is 6.25. The Hall–Kier alpha value is -1.27. The van der Waals surface area contributed by atoms with Crippen molar-refractivity contribution < 1.29 is 5.11 Å². The summed E-state index contributed by atoms with van der Waals surface area (Å²) in [5.41, 5.74) is 6.97. The van der Waals surface area contributed by atoms with E-state index in [1.54, 1.807) is 6.07 Å². The lowest BCUT2D eigenvalue weighted by atomic mass is 10.1. The molecule has 4 N–H and O–H groups in total. The van der Waals surface area contributed by atoms with Crippen molar-refractivity contribution in [2.24, 2.45) is 5.73 Å². The fourth-order valence-corrected chi connectivity index (χ4v) is 2.49. The zero-order valence-corrected chi connectivity index (χ0v) is 11.9. The van der Waals surface area contributed by atoms with Gasteiger partial charge in [-0.05, 0) is 25.8 Å². The maximum atomic E-state index is 10.1. The van der Waals surface area contributed by atoms with Crippen molar-refractivity contribution in [3.8, 4) is 0 Å². The maximum absolute atomic E-state index is 10.1. The first-order valence-corrected chi connectivity index (χ1v) is 7.07. The minimum absolute atomic E-state index is 0.00324. The number of nitrogens with two attached hydrogens (primary N) is 1. The molecule has 0 saturated heterocycles. The molecule has 0 spiro atoms. The summed E-state index contributed by atoms with van der Waals surface area (Å²) in [6.45, 7) is 1.87. The van der Waals surface area contributed by atoms with Gasteiger partial charge in [0.25, 0.3) is 0 Å². The monoisotopic (exact) mass is 280 g/mol. The molecule has 1 aromatic heterocycles. The van der Waals surface area contributed by atoms with Gasteiger partial charge < -0.3 is 16.2 Å². The molecule has 2 unspecified atom stereocenters. The number of nitrogens with zero attached hydrogens (tertiary/aromatic N) is 2. The molecule has 1 saturated carbocycles. The zero-order valence-electron chi connectivity index (χ0n) is 11.1. The number of aliphatic hydroxyl groups is 1. The van der Waals surface area contributed by atoms with Gasteiger partial charge in [-0.1, -0.05) is 31.5 Å². The number of aromatic nitrogens is 2. The van der Waals surface area contributed by atoms with E-state index in [1.807, 2.05) is 6.92 Å². The molecule has 19 heavy (non-hydrogen) atoms. The summed E-state index contributed by atoms with van der Waals surface area (Å²) in [6, 6.07) is 1.76. The molecule has 1 aliphatic rings. The Labute approximate surface area is 118 Å². The summed E-state index contributed by atoms with van der Waals surface area (Å²) in [5, 5.41) is 13.3. The Morgan fingerprint density at radius 2 is 2.11 bits per heavy atom. The van der Waals surface area contributed by atoms with Gasteiger partial charge in [-0.25, -0.2) is 9.97 Å². The normalized spacial score (nSPS) is 23.7. The van der Waals surface area contributed by atoms with Crippen molar-refractivity contribution in [3.05, 3.63) is 17.5 Å². The molecule has 0 radical (unpaired) electrons. The highest BCUT2D eigenvalue weighted by atomic mass is 32.1. The summed E-state index contributed by atoms with van der Waals surface area (Å²) in [5.74, 6) is 0.494. The first-order valence-electron chi connectivity index (χ1n) is 6.66. The second-order valence-electron chi connectivity index (χ2n) is 5.04. The quantitative estimate of drug-likeness (QED) is 0.575. The van der Waals surface area contributed by atoms with Crippen molar-refractivity contribution in [3.63, 3.8) is 0 Å². The third kappa shape index (κ3) is 3.84. The molecule has 1 aromatic rings. The summed E-state index contributed by atoms with van der Waals surface area (Å²) in [4.78, 5) is 8.88. The summed E-state index contributed by atoms with van der Waals surface area (Å²) in [6.07, 6.45) is 4.77. The molecule has 2 rings (SSSR count). The lowest BCUT2D eigenvalue weighted by molar-refractivity contribution is 0.144. The van der Waals surface area contributed by atoms with Gasteiger partial charge in [0.2, 0.25) is 5.95 Å². The lowest BCUT2D eigenvalue weighted by Gasteiger charge is -2.22. The third-order valence-corrected chi connectivity index (χ3v) is 3.61. The first-order chi connectivity index (χ1) is 9.06. The number of aliphatic hydroxyl groups excluding tert-OH is 1. The largest absolute Gasteiger partial charge is 0.391 e. The molecular weight excluding hydrogens is 260 g/mol. The van der Waals surface area contributed by atoms with Crippen LogP contribution in [-0.2, 0) is 0 Å². The molecule has 0 amide bonds. The molecule has 5 nitrogen and oxygen atoms in total. The molecule has 1 aliphatic carbocycles. The number of hydrogen-bond acceptors (Lipinski definition) is 5. The molecule has 1 heterocycles. The fraction of sp³-hybridized carbons (Fsp3) is 0.615. The van der Waals surface area contributed by atoms with Gasteiger partial charge in [-0.15, -0.1) is 0 Å². The van der Waals surface area contributed by atoms with Crippen LogP contribution in [0.3, 0.4) is 0 Å². The van der Waals surface area contributed by atoms with Crippen LogP contribution in [0.25, 0.3) is 0 Å². The van der Waals surface area contributed by atoms with E-state index in [-0.39, 0.29) is 17.1 Å². The highest BCUT2D eigenvalue weighted by Crippen LogP contribution is 2.20. The fourth-order valence-electron chi connectivity index (χ4n) is 2.38. The van der Waals surface area contributed by atoms with Crippen molar-refractivity contribution in [1.29, 1.82) is 0 Å². The van der Waals surface area contributed by atoms with E-state index in [1.165, 1.54) is 6.42 Å². The molecule has 0 bridgehead atoms. The number of anilines is 1. The number of hydrogen-bond donors (Lipinski definition) is 3. The van der Waals surface area contributed by atoms with Crippen molar-refractivity contribution in [2.75, 3.05) is 5.32 Å². The predicted molar refractivity (Wildman–Crippen MR) is 79.2 cm³/mol. The Morgan fingerprint density at radius 1 is 1.37 bits per heavy atom. The van der Waals surface area contributed by atoms with Gasteiger partial charge in [-0.3, -0.25) is 0 Å². The topological polar surface area (TPSA) is 84.1 Å². The Kier molecular flexibility index (Phi) is 4.66. The average Bonchev–Trinajstić information content (AvgIpc) is 2.54. The van der Waals surface area contributed by atoms with E-state index in [0.717, 1.165) is 31.4 Å².